The van der Waals surface area contributed by atoms with Crippen molar-refractivity contribution in [3.63, 3.8) is 0 Å². The van der Waals surface area contributed by atoms with Gasteiger partial charge < -0.3 is 14.6 Å². The van der Waals surface area contributed by atoms with Crippen LogP contribution in [-0.2, 0) is 4.74 Å². The van der Waals surface area contributed by atoms with Crippen LogP contribution in [0, 0.1) is 0 Å². The normalized spacial score (nSPS) is 10.9. The molecule has 0 saturated carbocycles. The Morgan fingerprint density at radius 1 is 1.44 bits per heavy atom. The van der Waals surface area contributed by atoms with Crippen molar-refractivity contribution in [2.75, 3.05) is 31.7 Å². The van der Waals surface area contributed by atoms with E-state index < -0.39 is 0 Å². The zero-order valence-corrected chi connectivity index (χ0v) is 9.73. The second-order valence-electron chi connectivity index (χ2n) is 3.68. The Morgan fingerprint density at radius 2 is 2.31 bits per heavy atom. The van der Waals surface area contributed by atoms with Gasteiger partial charge in [-0.25, -0.2) is 4.98 Å². The van der Waals surface area contributed by atoms with Crippen molar-refractivity contribution in [2.45, 2.75) is 6.92 Å². The van der Waals surface area contributed by atoms with E-state index in [0.29, 0.717) is 0 Å². The van der Waals surface area contributed by atoms with E-state index in [0.717, 1.165) is 30.7 Å². The summed E-state index contributed by atoms with van der Waals surface area (Å²) in [5, 5.41) is 0. The lowest BCUT2D eigenvalue weighted by Gasteiger charge is -2.22. The smallest absolute Gasteiger partial charge is 0.0931 e. The van der Waals surface area contributed by atoms with Crippen LogP contribution < -0.4 is 4.90 Å². The average Bonchev–Trinajstić information content (AvgIpc) is 2.77. The average molecular weight is 219 g/mol. The highest BCUT2D eigenvalue weighted by Crippen LogP contribution is 2.19. The number of aromatic amines is 1. The number of ether oxygens (including phenoxy) is 1. The highest BCUT2D eigenvalue weighted by Gasteiger charge is 2.05. The molecule has 0 radical (unpaired) electrons. The minimum absolute atomic E-state index is 0.745. The van der Waals surface area contributed by atoms with Gasteiger partial charge in [-0.1, -0.05) is 0 Å². The zero-order valence-electron chi connectivity index (χ0n) is 9.73. The molecule has 2 rings (SSSR count). The summed E-state index contributed by atoms with van der Waals surface area (Å²) in [6, 6.07) is 6.26. The molecule has 86 valence electrons. The van der Waals surface area contributed by atoms with Crippen LogP contribution in [0.3, 0.4) is 0 Å². The Morgan fingerprint density at radius 3 is 3.06 bits per heavy atom. The number of benzene rings is 1. The molecule has 0 aliphatic heterocycles. The third-order valence-corrected chi connectivity index (χ3v) is 2.72. The molecule has 0 unspecified atom stereocenters. The van der Waals surface area contributed by atoms with Gasteiger partial charge in [0, 0.05) is 25.9 Å². The van der Waals surface area contributed by atoms with Crippen molar-refractivity contribution >= 4 is 16.7 Å². The van der Waals surface area contributed by atoms with Gasteiger partial charge in [-0.05, 0) is 25.1 Å². The standard InChI is InChI=1S/C12H17N3O/c1-3-15(6-7-16-2)10-4-5-11-12(8-10)14-9-13-11/h4-5,8-9H,3,6-7H2,1-2H3,(H,13,14). The van der Waals surface area contributed by atoms with E-state index in [2.05, 4.69) is 33.9 Å². The number of H-pyrrole nitrogens is 1. The molecule has 0 aliphatic rings. The fourth-order valence-electron chi connectivity index (χ4n) is 1.79. The number of anilines is 1. The van der Waals surface area contributed by atoms with Gasteiger partial charge in [0.05, 0.1) is 24.0 Å². The minimum Gasteiger partial charge on any atom is -0.383 e. The Balaban J connectivity index is 2.22. The summed E-state index contributed by atoms with van der Waals surface area (Å²) in [6.07, 6.45) is 1.72. The van der Waals surface area contributed by atoms with Crippen LogP contribution in [0.1, 0.15) is 6.92 Å². The fourth-order valence-corrected chi connectivity index (χ4v) is 1.79. The maximum absolute atomic E-state index is 5.11. The number of methoxy groups -OCH3 is 1. The summed E-state index contributed by atoms with van der Waals surface area (Å²) in [4.78, 5) is 9.62. The number of rotatable bonds is 5. The van der Waals surface area contributed by atoms with Crippen molar-refractivity contribution in [3.8, 4) is 0 Å². The molecule has 0 bridgehead atoms. The number of fused-ring (bicyclic) bond motifs is 1. The Bertz CT molecular complexity index is 452. The molecule has 4 nitrogen and oxygen atoms in total. The van der Waals surface area contributed by atoms with Crippen LogP contribution in [0.25, 0.3) is 11.0 Å². The monoisotopic (exact) mass is 219 g/mol. The molecule has 0 saturated heterocycles. The van der Waals surface area contributed by atoms with E-state index in [1.165, 1.54) is 5.69 Å². The van der Waals surface area contributed by atoms with Gasteiger partial charge in [0.1, 0.15) is 0 Å². The number of imidazole rings is 1. The van der Waals surface area contributed by atoms with Crippen LogP contribution in [0.15, 0.2) is 24.5 Å². The lowest BCUT2D eigenvalue weighted by molar-refractivity contribution is 0.205. The number of hydrogen-bond acceptors (Lipinski definition) is 3. The second-order valence-corrected chi connectivity index (χ2v) is 3.68. The van der Waals surface area contributed by atoms with E-state index in [-0.39, 0.29) is 0 Å². The summed E-state index contributed by atoms with van der Waals surface area (Å²) in [6.45, 7) is 4.78. The van der Waals surface area contributed by atoms with E-state index in [9.17, 15) is 0 Å². The van der Waals surface area contributed by atoms with Crippen LogP contribution >= 0.6 is 0 Å². The SMILES string of the molecule is CCN(CCOC)c1ccc2nc[nH]c2c1. The fraction of sp³-hybridized carbons (Fsp3) is 0.417. The lowest BCUT2D eigenvalue weighted by atomic mass is 10.2. The third-order valence-electron chi connectivity index (χ3n) is 2.72. The molecule has 0 atom stereocenters. The highest BCUT2D eigenvalue weighted by molar-refractivity contribution is 5.79. The van der Waals surface area contributed by atoms with Gasteiger partial charge in [-0.2, -0.15) is 0 Å². The molecule has 0 amide bonds. The van der Waals surface area contributed by atoms with E-state index >= 15 is 0 Å². The molecule has 2 aromatic rings. The van der Waals surface area contributed by atoms with Crippen molar-refractivity contribution in [3.05, 3.63) is 24.5 Å². The van der Waals surface area contributed by atoms with Gasteiger partial charge in [-0.3, -0.25) is 0 Å². The zero-order chi connectivity index (χ0) is 11.4. The van der Waals surface area contributed by atoms with Crippen LogP contribution in [0.5, 0.6) is 0 Å². The third kappa shape index (κ3) is 2.17. The van der Waals surface area contributed by atoms with E-state index in [1.54, 1.807) is 13.4 Å². The molecule has 0 spiro atoms. The molecule has 16 heavy (non-hydrogen) atoms. The molecular formula is C12H17N3O. The maximum atomic E-state index is 5.11. The number of nitrogens with zero attached hydrogens (tertiary/aromatic N) is 2. The molecule has 1 aromatic carbocycles. The van der Waals surface area contributed by atoms with Crippen molar-refractivity contribution in [2.24, 2.45) is 0 Å². The van der Waals surface area contributed by atoms with Crippen molar-refractivity contribution in [1.82, 2.24) is 9.97 Å². The quantitative estimate of drug-likeness (QED) is 0.836. The Kier molecular flexibility index (Phi) is 3.41. The molecule has 0 fully saturated rings. The van der Waals surface area contributed by atoms with Crippen LogP contribution in [0.2, 0.25) is 0 Å². The maximum Gasteiger partial charge on any atom is 0.0931 e. The first-order valence-corrected chi connectivity index (χ1v) is 5.52. The second kappa shape index (κ2) is 4.99. The van der Waals surface area contributed by atoms with Crippen molar-refractivity contribution < 1.29 is 4.74 Å². The Labute approximate surface area is 95.2 Å². The highest BCUT2D eigenvalue weighted by atomic mass is 16.5. The van der Waals surface area contributed by atoms with Gasteiger partial charge in [0.15, 0.2) is 0 Å². The topological polar surface area (TPSA) is 41.1 Å². The molecule has 1 aromatic heterocycles. The molecule has 0 aliphatic carbocycles. The summed E-state index contributed by atoms with van der Waals surface area (Å²) < 4.78 is 5.11. The molecule has 1 N–H and O–H groups in total. The summed E-state index contributed by atoms with van der Waals surface area (Å²) in [5.41, 5.74) is 3.29. The van der Waals surface area contributed by atoms with E-state index in [4.69, 9.17) is 4.74 Å². The molecule has 1 heterocycles. The van der Waals surface area contributed by atoms with Gasteiger partial charge in [-0.15, -0.1) is 0 Å². The summed E-state index contributed by atoms with van der Waals surface area (Å²) in [7, 11) is 1.73. The summed E-state index contributed by atoms with van der Waals surface area (Å²) in [5.74, 6) is 0. The Hall–Kier alpha value is -1.55. The number of likely N-dealkylation sites (N-methyl/N-ethyl adjacent to an activating group) is 1. The first-order chi connectivity index (χ1) is 7.85. The molecular weight excluding hydrogens is 202 g/mol. The van der Waals surface area contributed by atoms with E-state index in [1.807, 2.05) is 6.07 Å². The van der Waals surface area contributed by atoms with Crippen LogP contribution in [0.4, 0.5) is 5.69 Å². The van der Waals surface area contributed by atoms with Crippen molar-refractivity contribution in [1.29, 1.82) is 0 Å². The summed E-state index contributed by atoms with van der Waals surface area (Å²) >= 11 is 0. The first-order valence-electron chi connectivity index (χ1n) is 5.52. The van der Waals surface area contributed by atoms with Gasteiger partial charge in [0.2, 0.25) is 0 Å². The minimum atomic E-state index is 0.745. The lowest BCUT2D eigenvalue weighted by Crippen LogP contribution is -2.26. The predicted molar refractivity (Wildman–Crippen MR) is 65.9 cm³/mol. The molecule has 4 heteroatoms. The largest absolute Gasteiger partial charge is 0.383 e. The predicted octanol–water partition coefficient (Wildman–Crippen LogP) is 2.04. The van der Waals surface area contributed by atoms with Gasteiger partial charge >= 0.3 is 0 Å². The first kappa shape index (κ1) is 11.0. The number of nitrogens with one attached hydrogen (secondary N) is 1. The van der Waals surface area contributed by atoms with Crippen LogP contribution in [-0.4, -0.2) is 36.8 Å². The van der Waals surface area contributed by atoms with Gasteiger partial charge in [0.25, 0.3) is 0 Å². The number of hydrogen-bond donors (Lipinski definition) is 1. The number of aromatic nitrogens is 2.